The maximum atomic E-state index is 13.3. The van der Waals surface area contributed by atoms with Crippen molar-refractivity contribution in [1.29, 1.82) is 0 Å². The average molecular weight is 377 g/mol. The van der Waals surface area contributed by atoms with Crippen LogP contribution < -0.4 is 11.1 Å². The Morgan fingerprint density at radius 2 is 2.20 bits per heavy atom. The van der Waals surface area contributed by atoms with Gasteiger partial charge in [-0.1, -0.05) is 0 Å². The number of aliphatic hydroxyl groups is 1. The van der Waals surface area contributed by atoms with Crippen molar-refractivity contribution < 1.29 is 23.1 Å². The van der Waals surface area contributed by atoms with Crippen LogP contribution >= 0.6 is 11.3 Å². The van der Waals surface area contributed by atoms with E-state index in [1.165, 1.54) is 36.2 Å². The third-order valence-corrected chi connectivity index (χ3v) is 4.48. The molecule has 0 aliphatic carbocycles. The highest BCUT2D eigenvalue weighted by molar-refractivity contribution is 7.09. The van der Waals surface area contributed by atoms with E-state index in [-0.39, 0.29) is 5.69 Å². The number of aromatic nitrogens is 3. The number of halogens is 3. The van der Waals surface area contributed by atoms with Crippen LogP contribution in [-0.4, -0.2) is 44.8 Å². The molecule has 0 radical (unpaired) electrons. The minimum Gasteiger partial charge on any atom is -0.374 e. The van der Waals surface area contributed by atoms with Crippen molar-refractivity contribution in [2.45, 2.75) is 24.6 Å². The summed E-state index contributed by atoms with van der Waals surface area (Å²) in [6, 6.07) is 0. The van der Waals surface area contributed by atoms with Crippen molar-refractivity contribution in [2.24, 2.45) is 12.8 Å². The van der Waals surface area contributed by atoms with E-state index in [2.05, 4.69) is 15.3 Å². The summed E-state index contributed by atoms with van der Waals surface area (Å²) in [6.07, 6.45) is -2.72. The third-order valence-electron chi connectivity index (χ3n) is 3.58. The Balaban J connectivity index is 2.04. The first-order valence-corrected chi connectivity index (χ1v) is 8.26. The fourth-order valence-corrected chi connectivity index (χ4v) is 3.04. The van der Waals surface area contributed by atoms with E-state index >= 15 is 0 Å². The SMILES string of the molecule is Cn1ccnc1C(O)(CCNC(=O)c1csc(CCN)n1)C(F)(F)F. The Bertz CT molecular complexity index is 730. The summed E-state index contributed by atoms with van der Waals surface area (Å²) in [5.74, 6) is -1.14. The zero-order chi connectivity index (χ0) is 18.7. The van der Waals surface area contributed by atoms with Crippen molar-refractivity contribution in [2.75, 3.05) is 13.1 Å². The molecule has 0 saturated heterocycles. The molecule has 1 amide bonds. The lowest BCUT2D eigenvalue weighted by Gasteiger charge is -2.29. The smallest absolute Gasteiger partial charge is 0.374 e. The summed E-state index contributed by atoms with van der Waals surface area (Å²) in [5, 5.41) is 14.7. The Morgan fingerprint density at radius 1 is 1.48 bits per heavy atom. The molecule has 1 unspecified atom stereocenters. The van der Waals surface area contributed by atoms with E-state index in [0.717, 1.165) is 4.57 Å². The van der Waals surface area contributed by atoms with E-state index in [9.17, 15) is 23.1 Å². The molecule has 2 aromatic heterocycles. The molecule has 2 heterocycles. The maximum absolute atomic E-state index is 13.3. The molecule has 0 aromatic carbocycles. The van der Waals surface area contributed by atoms with Gasteiger partial charge < -0.3 is 20.7 Å². The Kier molecular flexibility index (Phi) is 5.80. The molecule has 138 valence electrons. The third kappa shape index (κ3) is 4.17. The highest BCUT2D eigenvalue weighted by Crippen LogP contribution is 2.40. The first kappa shape index (κ1) is 19.3. The normalized spacial score (nSPS) is 14.3. The number of rotatable bonds is 7. The number of hydrogen-bond donors (Lipinski definition) is 3. The maximum Gasteiger partial charge on any atom is 0.424 e. The van der Waals surface area contributed by atoms with Crippen LogP contribution in [0.25, 0.3) is 0 Å². The van der Waals surface area contributed by atoms with Crippen molar-refractivity contribution in [1.82, 2.24) is 19.9 Å². The van der Waals surface area contributed by atoms with Crippen LogP contribution in [0.2, 0.25) is 0 Å². The molecular formula is C14H18F3N5O2S. The predicted octanol–water partition coefficient (Wildman–Crippen LogP) is 0.948. The van der Waals surface area contributed by atoms with Crippen LogP contribution in [0.1, 0.15) is 27.7 Å². The largest absolute Gasteiger partial charge is 0.424 e. The fourth-order valence-electron chi connectivity index (χ4n) is 2.25. The van der Waals surface area contributed by atoms with Crippen molar-refractivity contribution in [3.63, 3.8) is 0 Å². The monoisotopic (exact) mass is 377 g/mol. The summed E-state index contributed by atoms with van der Waals surface area (Å²) in [5.41, 5.74) is 2.35. The van der Waals surface area contributed by atoms with Gasteiger partial charge in [-0.15, -0.1) is 11.3 Å². The standard InChI is InChI=1S/C14H18F3N5O2S/c1-22-7-6-20-12(22)13(24,14(15,16)17)3-5-19-11(23)9-8-25-10(21-9)2-4-18/h6-8,24H,2-5,18H2,1H3,(H,19,23). The average Bonchev–Trinajstić information content (AvgIpc) is 3.15. The molecule has 0 aliphatic heterocycles. The molecule has 25 heavy (non-hydrogen) atoms. The van der Waals surface area contributed by atoms with E-state index in [1.54, 1.807) is 0 Å². The molecule has 4 N–H and O–H groups in total. The summed E-state index contributed by atoms with van der Waals surface area (Å²) in [6.45, 7) is -0.0116. The van der Waals surface area contributed by atoms with E-state index < -0.39 is 36.5 Å². The summed E-state index contributed by atoms with van der Waals surface area (Å²) in [4.78, 5) is 19.6. The van der Waals surface area contributed by atoms with Gasteiger partial charge in [-0.2, -0.15) is 13.2 Å². The van der Waals surface area contributed by atoms with Gasteiger partial charge in [0.2, 0.25) is 5.60 Å². The lowest BCUT2D eigenvalue weighted by atomic mass is 9.97. The lowest BCUT2D eigenvalue weighted by molar-refractivity contribution is -0.272. The number of thiazole rings is 1. The zero-order valence-electron chi connectivity index (χ0n) is 13.4. The second kappa shape index (κ2) is 7.50. The van der Waals surface area contributed by atoms with Gasteiger partial charge in [-0.25, -0.2) is 9.97 Å². The number of nitrogens with zero attached hydrogens (tertiary/aromatic N) is 3. The first-order chi connectivity index (χ1) is 11.7. The van der Waals surface area contributed by atoms with Crippen molar-refractivity contribution in [3.8, 4) is 0 Å². The molecule has 0 spiro atoms. The predicted molar refractivity (Wildman–Crippen MR) is 85.0 cm³/mol. The van der Waals surface area contributed by atoms with Gasteiger partial charge >= 0.3 is 6.18 Å². The van der Waals surface area contributed by atoms with Crippen LogP contribution in [0, 0.1) is 0 Å². The van der Waals surface area contributed by atoms with E-state index in [1.807, 2.05) is 0 Å². The first-order valence-electron chi connectivity index (χ1n) is 7.38. The Labute approximate surface area is 145 Å². The Hall–Kier alpha value is -1.98. The number of nitrogens with one attached hydrogen (secondary N) is 1. The molecule has 2 aromatic rings. The quantitative estimate of drug-likeness (QED) is 0.666. The highest BCUT2D eigenvalue weighted by atomic mass is 32.1. The van der Waals surface area contributed by atoms with Crippen molar-refractivity contribution >= 4 is 17.2 Å². The van der Waals surface area contributed by atoms with Crippen LogP contribution in [0.15, 0.2) is 17.8 Å². The zero-order valence-corrected chi connectivity index (χ0v) is 14.2. The molecule has 1 atom stereocenters. The lowest BCUT2D eigenvalue weighted by Crippen LogP contribution is -2.46. The number of hydrogen-bond acceptors (Lipinski definition) is 6. The fraction of sp³-hybridized carbons (Fsp3) is 0.500. The van der Waals surface area contributed by atoms with Gasteiger partial charge in [0.1, 0.15) is 11.5 Å². The number of alkyl halides is 3. The molecule has 11 heteroatoms. The van der Waals surface area contributed by atoms with Gasteiger partial charge in [-0.3, -0.25) is 4.79 Å². The van der Waals surface area contributed by atoms with Crippen LogP contribution in [0.3, 0.4) is 0 Å². The van der Waals surface area contributed by atoms with Gasteiger partial charge in [0, 0.05) is 44.2 Å². The van der Waals surface area contributed by atoms with Crippen molar-refractivity contribution in [3.05, 3.63) is 34.3 Å². The second-order valence-corrected chi connectivity index (χ2v) is 6.33. The second-order valence-electron chi connectivity index (χ2n) is 5.39. The van der Waals surface area contributed by atoms with Crippen LogP contribution in [0.4, 0.5) is 13.2 Å². The number of imidazole rings is 1. The van der Waals surface area contributed by atoms with Gasteiger partial charge in [0.15, 0.2) is 0 Å². The number of amides is 1. The molecule has 7 nitrogen and oxygen atoms in total. The molecule has 0 aliphatic rings. The van der Waals surface area contributed by atoms with Crippen LogP contribution in [0.5, 0.6) is 0 Å². The topological polar surface area (TPSA) is 106 Å². The minimum atomic E-state index is -4.94. The summed E-state index contributed by atoms with van der Waals surface area (Å²) >= 11 is 1.25. The van der Waals surface area contributed by atoms with E-state index in [4.69, 9.17) is 5.73 Å². The Morgan fingerprint density at radius 3 is 2.76 bits per heavy atom. The number of carbonyl (C=O) groups is 1. The summed E-state index contributed by atoms with van der Waals surface area (Å²) in [7, 11) is 1.35. The van der Waals surface area contributed by atoms with Gasteiger partial charge in [0.25, 0.3) is 5.91 Å². The number of carbonyl (C=O) groups excluding carboxylic acids is 1. The molecule has 0 saturated carbocycles. The van der Waals surface area contributed by atoms with E-state index in [0.29, 0.717) is 18.0 Å². The summed E-state index contributed by atoms with van der Waals surface area (Å²) < 4.78 is 41.1. The van der Waals surface area contributed by atoms with Gasteiger partial charge in [0.05, 0.1) is 5.01 Å². The molecular weight excluding hydrogens is 359 g/mol. The molecule has 0 fully saturated rings. The molecule has 0 bridgehead atoms. The number of aryl methyl sites for hydroxylation is 1. The molecule has 2 rings (SSSR count). The van der Waals surface area contributed by atoms with Gasteiger partial charge in [-0.05, 0) is 6.54 Å². The number of nitrogens with two attached hydrogens (primary N) is 1. The highest BCUT2D eigenvalue weighted by Gasteiger charge is 2.57. The minimum absolute atomic E-state index is 0.112. The van der Waals surface area contributed by atoms with Crippen LogP contribution in [-0.2, 0) is 19.1 Å².